The molecule has 0 aliphatic carbocycles. The van der Waals surface area contributed by atoms with Gasteiger partial charge in [-0.1, -0.05) is 31.2 Å². The summed E-state index contributed by atoms with van der Waals surface area (Å²) in [4.78, 5) is 22.0. The van der Waals surface area contributed by atoms with E-state index in [0.29, 0.717) is 23.4 Å². The van der Waals surface area contributed by atoms with Crippen LogP contribution in [0.3, 0.4) is 0 Å². The van der Waals surface area contributed by atoms with Crippen LogP contribution in [-0.4, -0.2) is 63.0 Å². The number of nitrogens with one attached hydrogen (secondary N) is 1. The van der Waals surface area contributed by atoms with Gasteiger partial charge in [-0.25, -0.2) is 9.50 Å². The van der Waals surface area contributed by atoms with Gasteiger partial charge in [0, 0.05) is 51.7 Å². The summed E-state index contributed by atoms with van der Waals surface area (Å²) < 4.78 is 1.64. The number of fused-ring (bicyclic) bond motifs is 1. The summed E-state index contributed by atoms with van der Waals surface area (Å²) in [6, 6.07) is 10.3. The molecule has 3 aromatic rings. The molecule has 1 saturated heterocycles. The molecule has 1 amide bonds. The zero-order valence-electron chi connectivity index (χ0n) is 17.1. The Morgan fingerprint density at radius 1 is 1.07 bits per heavy atom. The number of aromatic nitrogens is 3. The standard InChI is InChI=1S/C22H28N6O/c1-3-26-11-13-27(14-12-26)16-19-7-5-18(6-8-19)15-24-22(29)20-17(2)25-28-10-4-9-23-21(20)28/h4-10H,3,11-16H2,1-2H3,(H,24,29). The smallest absolute Gasteiger partial charge is 0.257 e. The fraction of sp³-hybridized carbons (Fsp3) is 0.409. The Hall–Kier alpha value is -2.77. The number of aryl methyl sites for hydroxylation is 1. The molecule has 1 aromatic carbocycles. The molecule has 29 heavy (non-hydrogen) atoms. The van der Waals surface area contributed by atoms with Gasteiger partial charge in [0.15, 0.2) is 5.65 Å². The molecule has 0 bridgehead atoms. The summed E-state index contributed by atoms with van der Waals surface area (Å²) in [6.45, 7) is 11.2. The van der Waals surface area contributed by atoms with Crippen LogP contribution < -0.4 is 5.32 Å². The van der Waals surface area contributed by atoms with E-state index in [1.54, 1.807) is 23.0 Å². The highest BCUT2D eigenvalue weighted by Gasteiger charge is 2.18. The minimum absolute atomic E-state index is 0.144. The van der Waals surface area contributed by atoms with E-state index in [4.69, 9.17) is 0 Å². The third kappa shape index (κ3) is 4.46. The first-order valence-corrected chi connectivity index (χ1v) is 10.2. The number of likely N-dealkylation sites (N-methyl/N-ethyl adjacent to an activating group) is 1. The number of carbonyl (C=O) groups excluding carboxylic acids is 1. The van der Waals surface area contributed by atoms with Crippen molar-refractivity contribution in [2.24, 2.45) is 0 Å². The number of hydrogen-bond acceptors (Lipinski definition) is 5. The van der Waals surface area contributed by atoms with Crippen LogP contribution in [0.15, 0.2) is 42.7 Å². The van der Waals surface area contributed by atoms with Gasteiger partial charge in [-0.05, 0) is 30.7 Å². The highest BCUT2D eigenvalue weighted by atomic mass is 16.1. The van der Waals surface area contributed by atoms with E-state index < -0.39 is 0 Å². The molecule has 4 rings (SSSR count). The van der Waals surface area contributed by atoms with Crippen molar-refractivity contribution < 1.29 is 4.79 Å². The van der Waals surface area contributed by atoms with Gasteiger partial charge in [-0.15, -0.1) is 0 Å². The van der Waals surface area contributed by atoms with E-state index >= 15 is 0 Å². The van der Waals surface area contributed by atoms with Crippen molar-refractivity contribution in [3.63, 3.8) is 0 Å². The Morgan fingerprint density at radius 2 is 1.76 bits per heavy atom. The number of carbonyl (C=O) groups is 1. The normalized spacial score (nSPS) is 15.7. The molecule has 0 spiro atoms. The lowest BCUT2D eigenvalue weighted by atomic mass is 10.1. The van der Waals surface area contributed by atoms with Crippen molar-refractivity contribution in [3.05, 3.63) is 65.1 Å². The zero-order valence-corrected chi connectivity index (χ0v) is 17.1. The maximum Gasteiger partial charge on any atom is 0.257 e. The lowest BCUT2D eigenvalue weighted by Crippen LogP contribution is -2.45. The van der Waals surface area contributed by atoms with Crippen LogP contribution in [0.5, 0.6) is 0 Å². The Kier molecular flexibility index (Phi) is 5.87. The fourth-order valence-electron chi connectivity index (χ4n) is 3.82. The van der Waals surface area contributed by atoms with Crippen LogP contribution in [0.4, 0.5) is 0 Å². The number of benzene rings is 1. The zero-order chi connectivity index (χ0) is 20.2. The highest BCUT2D eigenvalue weighted by Crippen LogP contribution is 2.14. The lowest BCUT2D eigenvalue weighted by molar-refractivity contribution is 0.0951. The van der Waals surface area contributed by atoms with Crippen LogP contribution >= 0.6 is 0 Å². The molecule has 2 aromatic heterocycles. The number of amides is 1. The first-order chi connectivity index (χ1) is 14.1. The Balaban J connectivity index is 1.33. The van der Waals surface area contributed by atoms with Crippen molar-refractivity contribution >= 4 is 11.6 Å². The second kappa shape index (κ2) is 8.71. The van der Waals surface area contributed by atoms with Crippen molar-refractivity contribution in [1.29, 1.82) is 0 Å². The van der Waals surface area contributed by atoms with Gasteiger partial charge in [0.05, 0.1) is 5.69 Å². The van der Waals surface area contributed by atoms with E-state index in [1.807, 2.05) is 6.92 Å². The molecule has 1 aliphatic heterocycles. The molecule has 152 valence electrons. The van der Waals surface area contributed by atoms with Gasteiger partial charge in [-0.3, -0.25) is 9.69 Å². The minimum atomic E-state index is -0.144. The molecule has 1 fully saturated rings. The Labute approximate surface area is 171 Å². The molecule has 1 N–H and O–H groups in total. The predicted octanol–water partition coefficient (Wildman–Crippen LogP) is 2.11. The monoisotopic (exact) mass is 392 g/mol. The number of hydrogen-bond donors (Lipinski definition) is 1. The van der Waals surface area contributed by atoms with Crippen molar-refractivity contribution in [3.8, 4) is 0 Å². The fourth-order valence-corrected chi connectivity index (χ4v) is 3.82. The molecular formula is C22H28N6O. The second-order valence-corrected chi connectivity index (χ2v) is 7.56. The summed E-state index contributed by atoms with van der Waals surface area (Å²) >= 11 is 0. The number of nitrogens with zero attached hydrogens (tertiary/aromatic N) is 5. The molecule has 0 atom stereocenters. The summed E-state index contributed by atoms with van der Waals surface area (Å²) in [5.41, 5.74) is 4.20. The average Bonchev–Trinajstić information content (AvgIpc) is 3.09. The Morgan fingerprint density at radius 3 is 2.48 bits per heavy atom. The summed E-state index contributed by atoms with van der Waals surface area (Å²) in [5, 5.41) is 7.35. The SMILES string of the molecule is CCN1CCN(Cc2ccc(CNC(=O)c3c(C)nn4cccnc34)cc2)CC1. The molecule has 0 radical (unpaired) electrons. The van der Waals surface area contributed by atoms with E-state index in [2.05, 4.69) is 56.4 Å². The highest BCUT2D eigenvalue weighted by molar-refractivity contribution is 6.00. The predicted molar refractivity (Wildman–Crippen MR) is 113 cm³/mol. The van der Waals surface area contributed by atoms with Crippen LogP contribution in [0.1, 0.15) is 34.1 Å². The van der Waals surface area contributed by atoms with E-state index in [-0.39, 0.29) is 5.91 Å². The second-order valence-electron chi connectivity index (χ2n) is 7.56. The molecular weight excluding hydrogens is 364 g/mol. The van der Waals surface area contributed by atoms with E-state index in [1.165, 1.54) is 5.56 Å². The molecule has 3 heterocycles. The maximum atomic E-state index is 12.7. The molecule has 7 heteroatoms. The minimum Gasteiger partial charge on any atom is -0.348 e. The third-order valence-corrected chi connectivity index (χ3v) is 5.59. The molecule has 0 unspecified atom stereocenters. The van der Waals surface area contributed by atoms with Gasteiger partial charge >= 0.3 is 0 Å². The number of piperazine rings is 1. The van der Waals surface area contributed by atoms with Gasteiger partial charge in [0.2, 0.25) is 0 Å². The molecule has 1 aliphatic rings. The Bertz CT molecular complexity index is 973. The van der Waals surface area contributed by atoms with E-state index in [9.17, 15) is 4.79 Å². The quantitative estimate of drug-likeness (QED) is 0.696. The van der Waals surface area contributed by atoms with Gasteiger partial charge < -0.3 is 10.2 Å². The third-order valence-electron chi connectivity index (χ3n) is 5.59. The van der Waals surface area contributed by atoms with Crippen LogP contribution in [0.2, 0.25) is 0 Å². The first-order valence-electron chi connectivity index (χ1n) is 10.2. The average molecular weight is 393 g/mol. The largest absolute Gasteiger partial charge is 0.348 e. The summed E-state index contributed by atoms with van der Waals surface area (Å²) in [5.74, 6) is -0.144. The summed E-state index contributed by atoms with van der Waals surface area (Å²) in [7, 11) is 0. The molecule has 7 nitrogen and oxygen atoms in total. The van der Waals surface area contributed by atoms with Crippen molar-refractivity contribution in [2.45, 2.75) is 26.9 Å². The van der Waals surface area contributed by atoms with Crippen LogP contribution in [-0.2, 0) is 13.1 Å². The van der Waals surface area contributed by atoms with Crippen molar-refractivity contribution in [2.75, 3.05) is 32.7 Å². The van der Waals surface area contributed by atoms with Gasteiger partial charge in [0.1, 0.15) is 5.56 Å². The maximum absolute atomic E-state index is 12.7. The van der Waals surface area contributed by atoms with Gasteiger partial charge in [0.25, 0.3) is 5.91 Å². The van der Waals surface area contributed by atoms with Crippen molar-refractivity contribution in [1.82, 2.24) is 29.7 Å². The van der Waals surface area contributed by atoms with Gasteiger partial charge in [-0.2, -0.15) is 5.10 Å². The van der Waals surface area contributed by atoms with E-state index in [0.717, 1.165) is 44.8 Å². The molecule has 0 saturated carbocycles. The summed E-state index contributed by atoms with van der Waals surface area (Å²) in [6.07, 6.45) is 3.47. The van der Waals surface area contributed by atoms with Crippen LogP contribution in [0, 0.1) is 6.92 Å². The van der Waals surface area contributed by atoms with Crippen LogP contribution in [0.25, 0.3) is 5.65 Å². The number of rotatable bonds is 6. The topological polar surface area (TPSA) is 65.8 Å². The lowest BCUT2D eigenvalue weighted by Gasteiger charge is -2.34. The first kappa shape index (κ1) is 19.5.